The first-order valence-electron chi connectivity index (χ1n) is 5.22. The molecular formula is C12H10BrFN2O2S. The zero-order valence-corrected chi connectivity index (χ0v) is 12.0. The molecule has 3 N–H and O–H groups in total. The van der Waals surface area contributed by atoms with Crippen LogP contribution in [0.3, 0.4) is 0 Å². The number of anilines is 2. The fraction of sp³-hybridized carbons (Fsp3) is 0. The summed E-state index contributed by atoms with van der Waals surface area (Å²) in [5.74, 6) is -0.594. The highest BCUT2D eigenvalue weighted by molar-refractivity contribution is 9.10. The van der Waals surface area contributed by atoms with Crippen molar-refractivity contribution in [3.63, 3.8) is 0 Å². The Kier molecular flexibility index (Phi) is 3.77. The number of hydrogen-bond donors (Lipinski definition) is 2. The van der Waals surface area contributed by atoms with E-state index in [9.17, 15) is 12.8 Å². The lowest BCUT2D eigenvalue weighted by atomic mass is 10.3. The zero-order chi connectivity index (χ0) is 14.0. The van der Waals surface area contributed by atoms with Crippen molar-refractivity contribution in [3.8, 4) is 0 Å². The summed E-state index contributed by atoms with van der Waals surface area (Å²) in [6, 6.07) is 10.0. The molecule has 100 valence electrons. The topological polar surface area (TPSA) is 72.2 Å². The van der Waals surface area contributed by atoms with Crippen molar-refractivity contribution in [1.29, 1.82) is 0 Å². The third-order valence-electron chi connectivity index (χ3n) is 2.37. The molecule has 0 spiro atoms. The van der Waals surface area contributed by atoms with Gasteiger partial charge in [0.05, 0.1) is 11.4 Å². The molecule has 0 aliphatic rings. The first-order chi connectivity index (χ1) is 8.90. The predicted molar refractivity (Wildman–Crippen MR) is 75.8 cm³/mol. The third kappa shape index (κ3) is 3.05. The molecule has 2 aromatic carbocycles. The molecule has 0 fully saturated rings. The van der Waals surface area contributed by atoms with Gasteiger partial charge in [0.25, 0.3) is 10.0 Å². The second kappa shape index (κ2) is 5.18. The van der Waals surface area contributed by atoms with Crippen LogP contribution in [-0.4, -0.2) is 8.42 Å². The van der Waals surface area contributed by atoms with Gasteiger partial charge in [-0.2, -0.15) is 0 Å². The number of nitrogens with two attached hydrogens (primary N) is 1. The SMILES string of the molecule is Nc1cc(NS(=O)(=O)c2ccccc2Br)ccc1F. The van der Waals surface area contributed by atoms with Crippen molar-refractivity contribution in [3.05, 3.63) is 52.8 Å². The van der Waals surface area contributed by atoms with Crippen LogP contribution in [-0.2, 0) is 10.0 Å². The maximum absolute atomic E-state index is 13.0. The van der Waals surface area contributed by atoms with Gasteiger partial charge in [0.15, 0.2) is 0 Å². The van der Waals surface area contributed by atoms with Crippen LogP contribution >= 0.6 is 15.9 Å². The van der Waals surface area contributed by atoms with Crippen LogP contribution in [0.15, 0.2) is 51.8 Å². The van der Waals surface area contributed by atoms with Crippen molar-refractivity contribution in [2.45, 2.75) is 4.90 Å². The summed E-state index contributed by atoms with van der Waals surface area (Å²) >= 11 is 3.17. The van der Waals surface area contributed by atoms with E-state index in [2.05, 4.69) is 20.7 Å². The number of benzene rings is 2. The van der Waals surface area contributed by atoms with E-state index in [1.54, 1.807) is 18.2 Å². The maximum atomic E-state index is 13.0. The summed E-state index contributed by atoms with van der Waals surface area (Å²) in [5, 5.41) is 0. The number of hydrogen-bond acceptors (Lipinski definition) is 3. The zero-order valence-electron chi connectivity index (χ0n) is 9.60. The molecular weight excluding hydrogens is 335 g/mol. The Morgan fingerprint density at radius 2 is 1.84 bits per heavy atom. The molecule has 2 aromatic rings. The van der Waals surface area contributed by atoms with Crippen molar-refractivity contribution in [1.82, 2.24) is 0 Å². The first kappa shape index (κ1) is 13.8. The predicted octanol–water partition coefficient (Wildman–Crippen LogP) is 2.97. The normalized spacial score (nSPS) is 11.3. The Morgan fingerprint density at radius 1 is 1.16 bits per heavy atom. The second-order valence-electron chi connectivity index (χ2n) is 3.77. The molecule has 0 aliphatic heterocycles. The van der Waals surface area contributed by atoms with Crippen LogP contribution in [0.1, 0.15) is 0 Å². The average molecular weight is 345 g/mol. The molecule has 4 nitrogen and oxygen atoms in total. The molecule has 0 radical (unpaired) electrons. The molecule has 0 atom stereocenters. The molecule has 7 heteroatoms. The standard InChI is InChI=1S/C12H10BrFN2O2S/c13-9-3-1-2-4-12(9)19(17,18)16-8-5-6-10(14)11(15)7-8/h1-7,16H,15H2. The van der Waals surface area contributed by atoms with E-state index in [0.717, 1.165) is 6.07 Å². The van der Waals surface area contributed by atoms with Crippen LogP contribution in [0, 0.1) is 5.82 Å². The molecule has 0 unspecified atom stereocenters. The molecule has 0 amide bonds. The molecule has 0 saturated heterocycles. The van der Waals surface area contributed by atoms with E-state index < -0.39 is 15.8 Å². The van der Waals surface area contributed by atoms with Crippen LogP contribution in [0.5, 0.6) is 0 Å². The Hall–Kier alpha value is -1.60. The number of sulfonamides is 1. The molecule has 0 aliphatic carbocycles. The van der Waals surface area contributed by atoms with Gasteiger partial charge in [0, 0.05) is 4.47 Å². The van der Waals surface area contributed by atoms with Crippen molar-refractivity contribution in [2.75, 3.05) is 10.5 Å². The van der Waals surface area contributed by atoms with Gasteiger partial charge in [-0.3, -0.25) is 4.72 Å². The summed E-state index contributed by atoms with van der Waals surface area (Å²) in [6.07, 6.45) is 0. The second-order valence-corrected chi connectivity index (χ2v) is 6.28. The Labute approximate surface area is 118 Å². The minimum absolute atomic E-state index is 0.0953. The third-order valence-corrected chi connectivity index (χ3v) is 4.77. The Balaban J connectivity index is 2.37. The smallest absolute Gasteiger partial charge is 0.263 e. The molecule has 2 rings (SSSR count). The fourth-order valence-electron chi connectivity index (χ4n) is 1.48. The van der Waals surface area contributed by atoms with Crippen LogP contribution < -0.4 is 10.5 Å². The number of nitrogen functional groups attached to an aromatic ring is 1. The van der Waals surface area contributed by atoms with E-state index in [1.165, 1.54) is 18.2 Å². The molecule has 0 saturated carbocycles. The fourth-order valence-corrected chi connectivity index (χ4v) is 3.53. The lowest BCUT2D eigenvalue weighted by Gasteiger charge is -2.10. The highest BCUT2D eigenvalue weighted by Crippen LogP contribution is 2.25. The van der Waals surface area contributed by atoms with Crippen LogP contribution in [0.2, 0.25) is 0 Å². The van der Waals surface area contributed by atoms with Gasteiger partial charge in [0.2, 0.25) is 0 Å². The minimum Gasteiger partial charge on any atom is -0.396 e. The van der Waals surface area contributed by atoms with Gasteiger partial charge >= 0.3 is 0 Å². The lowest BCUT2D eigenvalue weighted by molar-refractivity contribution is 0.600. The highest BCUT2D eigenvalue weighted by atomic mass is 79.9. The van der Waals surface area contributed by atoms with E-state index in [4.69, 9.17) is 5.73 Å². The molecule has 0 bridgehead atoms. The van der Waals surface area contributed by atoms with Gasteiger partial charge in [-0.25, -0.2) is 12.8 Å². The average Bonchev–Trinajstić information content (AvgIpc) is 2.34. The van der Waals surface area contributed by atoms with Crippen molar-refractivity contribution >= 4 is 37.3 Å². The quantitative estimate of drug-likeness (QED) is 0.840. The Morgan fingerprint density at radius 3 is 2.47 bits per heavy atom. The van der Waals surface area contributed by atoms with Gasteiger partial charge < -0.3 is 5.73 Å². The maximum Gasteiger partial charge on any atom is 0.263 e. The summed E-state index contributed by atoms with van der Waals surface area (Å²) in [7, 11) is -3.75. The van der Waals surface area contributed by atoms with E-state index in [1.807, 2.05) is 0 Å². The summed E-state index contributed by atoms with van der Waals surface area (Å²) in [5.41, 5.74) is 5.47. The molecule has 19 heavy (non-hydrogen) atoms. The number of rotatable bonds is 3. The van der Waals surface area contributed by atoms with Crippen LogP contribution in [0.25, 0.3) is 0 Å². The first-order valence-corrected chi connectivity index (χ1v) is 7.50. The minimum atomic E-state index is -3.75. The van der Waals surface area contributed by atoms with E-state index >= 15 is 0 Å². The van der Waals surface area contributed by atoms with Crippen molar-refractivity contribution < 1.29 is 12.8 Å². The summed E-state index contributed by atoms with van der Waals surface area (Å²) in [6.45, 7) is 0. The van der Waals surface area contributed by atoms with E-state index in [-0.39, 0.29) is 16.3 Å². The molecule has 0 heterocycles. The van der Waals surface area contributed by atoms with Crippen molar-refractivity contribution in [2.24, 2.45) is 0 Å². The lowest BCUT2D eigenvalue weighted by Crippen LogP contribution is -2.13. The van der Waals surface area contributed by atoms with Gasteiger partial charge in [-0.05, 0) is 46.3 Å². The Bertz CT molecular complexity index is 719. The van der Waals surface area contributed by atoms with Gasteiger partial charge in [-0.1, -0.05) is 12.1 Å². The summed E-state index contributed by atoms with van der Waals surface area (Å²) < 4.78 is 40.1. The number of nitrogens with one attached hydrogen (secondary N) is 1. The largest absolute Gasteiger partial charge is 0.396 e. The molecule has 0 aromatic heterocycles. The summed E-state index contributed by atoms with van der Waals surface area (Å²) in [4.78, 5) is 0.0953. The van der Waals surface area contributed by atoms with Gasteiger partial charge in [0.1, 0.15) is 10.7 Å². The van der Waals surface area contributed by atoms with E-state index in [0.29, 0.717) is 4.47 Å². The van der Waals surface area contributed by atoms with Crippen LogP contribution in [0.4, 0.5) is 15.8 Å². The number of halogens is 2. The van der Waals surface area contributed by atoms with Gasteiger partial charge in [-0.15, -0.1) is 0 Å². The highest BCUT2D eigenvalue weighted by Gasteiger charge is 2.17. The monoisotopic (exact) mass is 344 g/mol.